The summed E-state index contributed by atoms with van der Waals surface area (Å²) in [5.74, 6) is 0.0895. The Morgan fingerprint density at radius 2 is 2.00 bits per heavy atom. The SMILES string of the molecule is O=C(Nc1nc2ccc3ccccc3n2n1)c1ccco1. The highest BCUT2D eigenvalue weighted by Gasteiger charge is 2.13. The summed E-state index contributed by atoms with van der Waals surface area (Å²) in [6, 6.07) is 14.9. The molecule has 6 nitrogen and oxygen atoms in total. The van der Waals surface area contributed by atoms with E-state index in [1.54, 1.807) is 16.6 Å². The molecule has 0 aliphatic carbocycles. The Kier molecular flexibility index (Phi) is 2.47. The van der Waals surface area contributed by atoms with Crippen molar-refractivity contribution >= 4 is 28.4 Å². The van der Waals surface area contributed by atoms with Gasteiger partial charge >= 0.3 is 0 Å². The Bertz CT molecular complexity index is 941. The van der Waals surface area contributed by atoms with Gasteiger partial charge in [-0.3, -0.25) is 10.1 Å². The molecule has 1 amide bonds. The summed E-state index contributed by atoms with van der Waals surface area (Å²) >= 11 is 0. The summed E-state index contributed by atoms with van der Waals surface area (Å²) in [5, 5.41) is 8.00. The van der Waals surface area contributed by atoms with Gasteiger partial charge < -0.3 is 4.42 Å². The first-order valence-electron chi connectivity index (χ1n) is 6.41. The van der Waals surface area contributed by atoms with Crippen LogP contribution in [0.2, 0.25) is 0 Å². The molecule has 4 aromatic rings. The average Bonchev–Trinajstić information content (AvgIpc) is 3.16. The second-order valence-corrected chi connectivity index (χ2v) is 4.53. The van der Waals surface area contributed by atoms with Crippen LogP contribution in [0, 0.1) is 0 Å². The van der Waals surface area contributed by atoms with E-state index in [2.05, 4.69) is 15.4 Å². The molecule has 0 fully saturated rings. The predicted octanol–water partition coefficient (Wildman–Crippen LogP) is 2.73. The van der Waals surface area contributed by atoms with Crippen molar-refractivity contribution in [2.75, 3.05) is 5.32 Å². The van der Waals surface area contributed by atoms with E-state index < -0.39 is 0 Å². The Hall–Kier alpha value is -3.15. The van der Waals surface area contributed by atoms with E-state index in [0.29, 0.717) is 5.65 Å². The molecule has 21 heavy (non-hydrogen) atoms. The summed E-state index contributed by atoms with van der Waals surface area (Å²) in [6.45, 7) is 0. The minimum absolute atomic E-state index is 0.221. The van der Waals surface area contributed by atoms with Crippen molar-refractivity contribution < 1.29 is 9.21 Å². The van der Waals surface area contributed by atoms with Gasteiger partial charge in [-0.25, -0.2) is 4.52 Å². The molecular weight excluding hydrogens is 268 g/mol. The normalized spacial score (nSPS) is 11.0. The van der Waals surface area contributed by atoms with Gasteiger partial charge in [0.25, 0.3) is 5.91 Å². The molecule has 0 atom stereocenters. The van der Waals surface area contributed by atoms with Gasteiger partial charge in [0.2, 0.25) is 5.95 Å². The average molecular weight is 278 g/mol. The Morgan fingerprint density at radius 1 is 1.10 bits per heavy atom. The molecule has 3 aromatic heterocycles. The molecular formula is C15H10N4O2. The number of carbonyl (C=O) groups is 1. The maximum absolute atomic E-state index is 11.9. The van der Waals surface area contributed by atoms with E-state index in [1.165, 1.54) is 6.26 Å². The molecule has 3 heterocycles. The summed E-state index contributed by atoms with van der Waals surface area (Å²) in [7, 11) is 0. The second-order valence-electron chi connectivity index (χ2n) is 4.53. The van der Waals surface area contributed by atoms with Crippen LogP contribution >= 0.6 is 0 Å². The number of pyridine rings is 1. The molecule has 0 saturated carbocycles. The predicted molar refractivity (Wildman–Crippen MR) is 77.2 cm³/mol. The van der Waals surface area contributed by atoms with E-state index in [0.717, 1.165) is 10.9 Å². The van der Waals surface area contributed by atoms with Gasteiger partial charge in [-0.05, 0) is 30.3 Å². The number of nitrogens with one attached hydrogen (secondary N) is 1. The first-order chi connectivity index (χ1) is 10.3. The number of benzene rings is 1. The fraction of sp³-hybridized carbons (Fsp3) is 0. The molecule has 4 rings (SSSR count). The van der Waals surface area contributed by atoms with Crippen molar-refractivity contribution in [1.29, 1.82) is 0 Å². The van der Waals surface area contributed by atoms with E-state index in [9.17, 15) is 4.79 Å². The van der Waals surface area contributed by atoms with Crippen LogP contribution in [0.25, 0.3) is 16.6 Å². The zero-order valence-electron chi connectivity index (χ0n) is 10.9. The number of hydrogen-bond acceptors (Lipinski definition) is 4. The van der Waals surface area contributed by atoms with Crippen LogP contribution in [0.1, 0.15) is 10.6 Å². The van der Waals surface area contributed by atoms with Gasteiger partial charge in [-0.15, -0.1) is 5.10 Å². The van der Waals surface area contributed by atoms with E-state index in [1.807, 2.05) is 36.4 Å². The number of furan rings is 1. The third-order valence-corrected chi connectivity index (χ3v) is 3.18. The first-order valence-corrected chi connectivity index (χ1v) is 6.41. The van der Waals surface area contributed by atoms with Crippen LogP contribution in [-0.2, 0) is 0 Å². The van der Waals surface area contributed by atoms with Crippen molar-refractivity contribution in [3.8, 4) is 0 Å². The molecule has 0 aliphatic heterocycles. The third kappa shape index (κ3) is 1.93. The molecule has 0 unspecified atom stereocenters. The van der Waals surface area contributed by atoms with Gasteiger partial charge in [-0.1, -0.05) is 18.2 Å². The Labute approximate surface area is 119 Å². The molecule has 1 N–H and O–H groups in total. The topological polar surface area (TPSA) is 72.4 Å². The van der Waals surface area contributed by atoms with Crippen molar-refractivity contribution in [1.82, 2.24) is 14.6 Å². The largest absolute Gasteiger partial charge is 0.459 e. The van der Waals surface area contributed by atoms with Crippen LogP contribution in [0.15, 0.2) is 59.2 Å². The van der Waals surface area contributed by atoms with Crippen molar-refractivity contribution in [2.45, 2.75) is 0 Å². The molecule has 102 valence electrons. The lowest BCUT2D eigenvalue weighted by atomic mass is 10.2. The fourth-order valence-corrected chi connectivity index (χ4v) is 2.22. The summed E-state index contributed by atoms with van der Waals surface area (Å²) in [6.07, 6.45) is 1.44. The summed E-state index contributed by atoms with van der Waals surface area (Å²) < 4.78 is 6.74. The fourth-order valence-electron chi connectivity index (χ4n) is 2.22. The lowest BCUT2D eigenvalue weighted by molar-refractivity contribution is 0.0996. The van der Waals surface area contributed by atoms with Crippen LogP contribution in [0.3, 0.4) is 0 Å². The van der Waals surface area contributed by atoms with Crippen LogP contribution in [0.4, 0.5) is 5.95 Å². The highest BCUT2D eigenvalue weighted by Crippen LogP contribution is 2.17. The highest BCUT2D eigenvalue weighted by atomic mass is 16.3. The van der Waals surface area contributed by atoms with Crippen LogP contribution in [-0.4, -0.2) is 20.5 Å². The number of fused-ring (bicyclic) bond motifs is 3. The van der Waals surface area contributed by atoms with E-state index >= 15 is 0 Å². The maximum Gasteiger partial charge on any atom is 0.293 e. The maximum atomic E-state index is 11.9. The molecule has 0 saturated heterocycles. The molecule has 0 spiro atoms. The van der Waals surface area contributed by atoms with Gasteiger partial charge in [-0.2, -0.15) is 4.98 Å². The number of nitrogens with zero attached hydrogens (tertiary/aromatic N) is 3. The zero-order chi connectivity index (χ0) is 14.2. The van der Waals surface area contributed by atoms with Crippen molar-refractivity contribution in [3.05, 3.63) is 60.6 Å². The molecule has 1 aromatic carbocycles. The number of para-hydroxylation sites is 1. The molecule has 0 radical (unpaired) electrons. The molecule has 0 bridgehead atoms. The zero-order valence-corrected chi connectivity index (χ0v) is 10.9. The minimum Gasteiger partial charge on any atom is -0.459 e. The highest BCUT2D eigenvalue weighted by molar-refractivity contribution is 6.01. The number of anilines is 1. The van der Waals surface area contributed by atoms with Crippen LogP contribution < -0.4 is 5.32 Å². The monoisotopic (exact) mass is 278 g/mol. The van der Waals surface area contributed by atoms with Gasteiger partial charge in [0.1, 0.15) is 0 Å². The lowest BCUT2D eigenvalue weighted by Gasteiger charge is -1.98. The number of rotatable bonds is 2. The summed E-state index contributed by atoms with van der Waals surface area (Å²) in [5.41, 5.74) is 1.60. The van der Waals surface area contributed by atoms with Crippen molar-refractivity contribution in [3.63, 3.8) is 0 Å². The number of carbonyl (C=O) groups excluding carboxylic acids is 1. The Balaban J connectivity index is 1.77. The van der Waals surface area contributed by atoms with Crippen molar-refractivity contribution in [2.24, 2.45) is 0 Å². The first kappa shape index (κ1) is 11.7. The second kappa shape index (κ2) is 4.45. The van der Waals surface area contributed by atoms with Gasteiger partial charge in [0, 0.05) is 5.39 Å². The lowest BCUT2D eigenvalue weighted by Crippen LogP contribution is -2.12. The number of aromatic nitrogens is 3. The summed E-state index contributed by atoms with van der Waals surface area (Å²) in [4.78, 5) is 16.2. The number of hydrogen-bond donors (Lipinski definition) is 1. The third-order valence-electron chi connectivity index (χ3n) is 3.18. The van der Waals surface area contributed by atoms with E-state index in [4.69, 9.17) is 4.42 Å². The smallest absolute Gasteiger partial charge is 0.293 e. The standard InChI is InChI=1S/C15H10N4O2/c20-14(12-6-3-9-21-12)17-15-16-13-8-7-10-4-1-2-5-11(10)19(13)18-15/h1-9H,(H,17,18,20). The molecule has 0 aliphatic rings. The van der Waals surface area contributed by atoms with Gasteiger partial charge in [0.15, 0.2) is 11.4 Å². The Morgan fingerprint density at radius 3 is 2.86 bits per heavy atom. The van der Waals surface area contributed by atoms with Crippen LogP contribution in [0.5, 0.6) is 0 Å². The minimum atomic E-state index is -0.375. The molecule has 6 heteroatoms. The number of amides is 1. The quantitative estimate of drug-likeness (QED) is 0.612. The van der Waals surface area contributed by atoms with E-state index in [-0.39, 0.29) is 17.6 Å². The van der Waals surface area contributed by atoms with Gasteiger partial charge in [0.05, 0.1) is 11.8 Å².